The van der Waals surface area contributed by atoms with E-state index in [0.717, 1.165) is 74.0 Å². The van der Waals surface area contributed by atoms with Crippen LogP contribution in [0.25, 0.3) is 5.65 Å². The van der Waals surface area contributed by atoms with Crippen LogP contribution in [-0.2, 0) is 22.0 Å². The van der Waals surface area contributed by atoms with Gasteiger partial charge in [-0.05, 0) is 62.0 Å². The van der Waals surface area contributed by atoms with Gasteiger partial charge in [0, 0.05) is 29.9 Å². The van der Waals surface area contributed by atoms with Crippen LogP contribution in [0.3, 0.4) is 0 Å². The quantitative estimate of drug-likeness (QED) is 0.354. The van der Waals surface area contributed by atoms with E-state index in [1.807, 2.05) is 10.6 Å². The van der Waals surface area contributed by atoms with E-state index in [1.54, 1.807) is 6.20 Å². The number of nitrogens with one attached hydrogen (secondary N) is 2. The second kappa shape index (κ2) is 11.3. The summed E-state index contributed by atoms with van der Waals surface area (Å²) in [5.74, 6) is 1.12. The molecule has 0 spiro atoms. The molecule has 6 nitrogen and oxygen atoms in total. The SMILES string of the molecule is BCC(C)(CC)c1ccc(C(C)(CC)C(=O)N[C@@H]2CC[C@@H](Nc3cc(CCC)nc4ccnn34)C2)cc1. The molecular formula is C30H44BN5O. The summed E-state index contributed by atoms with van der Waals surface area (Å²) in [5, 5.41) is 11.6. The first-order chi connectivity index (χ1) is 17.8. The van der Waals surface area contributed by atoms with Gasteiger partial charge in [-0.2, -0.15) is 9.61 Å². The van der Waals surface area contributed by atoms with Crippen molar-refractivity contribution in [2.45, 2.75) is 109 Å². The van der Waals surface area contributed by atoms with Crippen molar-refractivity contribution in [2.24, 2.45) is 0 Å². The maximum atomic E-state index is 13.6. The third-order valence-electron chi connectivity index (χ3n) is 9.03. The molecule has 2 heterocycles. The lowest BCUT2D eigenvalue weighted by molar-refractivity contribution is -0.127. The number of amides is 1. The fraction of sp³-hybridized carbons (Fsp3) is 0.567. The highest BCUT2D eigenvalue weighted by molar-refractivity contribution is 6.09. The van der Waals surface area contributed by atoms with Crippen LogP contribution >= 0.6 is 0 Å². The van der Waals surface area contributed by atoms with Crippen LogP contribution in [-0.4, -0.2) is 40.4 Å². The Morgan fingerprint density at radius 3 is 2.41 bits per heavy atom. The van der Waals surface area contributed by atoms with Crippen LogP contribution in [0.15, 0.2) is 42.6 Å². The number of benzene rings is 1. The first-order valence-corrected chi connectivity index (χ1v) is 14.3. The fourth-order valence-corrected chi connectivity index (χ4v) is 5.64. The third kappa shape index (κ3) is 5.56. The number of aromatic nitrogens is 3. The Kier molecular flexibility index (Phi) is 8.30. The summed E-state index contributed by atoms with van der Waals surface area (Å²) in [6.45, 7) is 10.9. The second-order valence-electron chi connectivity index (χ2n) is 11.3. The number of fused-ring (bicyclic) bond motifs is 1. The normalized spacial score (nSPS) is 20.9. The van der Waals surface area contributed by atoms with Gasteiger partial charge >= 0.3 is 0 Å². The summed E-state index contributed by atoms with van der Waals surface area (Å²) < 4.78 is 1.88. The van der Waals surface area contributed by atoms with Gasteiger partial charge in [0.1, 0.15) is 13.7 Å². The number of aryl methyl sites for hydroxylation is 1. The maximum Gasteiger partial charge on any atom is 0.230 e. The lowest BCUT2D eigenvalue weighted by atomic mass is 9.70. The molecular weight excluding hydrogens is 457 g/mol. The molecule has 1 aliphatic rings. The number of hydrogen-bond donors (Lipinski definition) is 2. The molecule has 198 valence electrons. The molecule has 1 amide bonds. The van der Waals surface area contributed by atoms with Crippen molar-refractivity contribution in [3.63, 3.8) is 0 Å². The molecule has 2 aromatic heterocycles. The van der Waals surface area contributed by atoms with Crippen LogP contribution in [0.5, 0.6) is 0 Å². The summed E-state index contributed by atoms with van der Waals surface area (Å²) in [5.41, 5.74) is 4.06. The number of carbonyl (C=O) groups is 1. The van der Waals surface area contributed by atoms with Crippen molar-refractivity contribution >= 4 is 25.2 Å². The van der Waals surface area contributed by atoms with E-state index < -0.39 is 5.41 Å². The molecule has 2 N–H and O–H groups in total. The first kappa shape index (κ1) is 27.2. The molecule has 7 heteroatoms. The Morgan fingerprint density at radius 2 is 1.76 bits per heavy atom. The lowest BCUT2D eigenvalue weighted by Gasteiger charge is -2.31. The average Bonchev–Trinajstić information content (AvgIpc) is 3.57. The maximum absolute atomic E-state index is 13.6. The number of nitrogens with zero attached hydrogens (tertiary/aromatic N) is 3. The van der Waals surface area contributed by atoms with Crippen LogP contribution in [0.4, 0.5) is 5.82 Å². The van der Waals surface area contributed by atoms with E-state index >= 15 is 0 Å². The molecule has 1 saturated carbocycles. The van der Waals surface area contributed by atoms with Gasteiger partial charge in [-0.25, -0.2) is 4.98 Å². The number of hydrogen-bond acceptors (Lipinski definition) is 4. The smallest absolute Gasteiger partial charge is 0.230 e. The van der Waals surface area contributed by atoms with E-state index in [1.165, 1.54) is 5.56 Å². The van der Waals surface area contributed by atoms with Gasteiger partial charge in [-0.1, -0.05) is 64.7 Å². The monoisotopic (exact) mass is 501 g/mol. The predicted molar refractivity (Wildman–Crippen MR) is 155 cm³/mol. The van der Waals surface area contributed by atoms with Gasteiger partial charge in [0.05, 0.1) is 11.6 Å². The Morgan fingerprint density at radius 1 is 1.05 bits per heavy atom. The van der Waals surface area contributed by atoms with Crippen molar-refractivity contribution in [3.05, 3.63) is 59.4 Å². The van der Waals surface area contributed by atoms with E-state index in [2.05, 4.69) is 88.5 Å². The van der Waals surface area contributed by atoms with Gasteiger partial charge in [-0.3, -0.25) is 4.79 Å². The molecule has 0 saturated heterocycles. The molecule has 1 fully saturated rings. The van der Waals surface area contributed by atoms with Gasteiger partial charge < -0.3 is 10.6 Å². The lowest BCUT2D eigenvalue weighted by Crippen LogP contribution is -2.46. The number of carbonyl (C=O) groups excluding carboxylic acids is 1. The van der Waals surface area contributed by atoms with Crippen LogP contribution in [0.2, 0.25) is 6.32 Å². The van der Waals surface area contributed by atoms with Gasteiger partial charge in [0.2, 0.25) is 5.91 Å². The number of rotatable bonds is 11. The zero-order valence-corrected chi connectivity index (χ0v) is 23.6. The van der Waals surface area contributed by atoms with E-state index in [-0.39, 0.29) is 17.4 Å². The van der Waals surface area contributed by atoms with Crippen molar-refractivity contribution in [2.75, 3.05) is 5.32 Å². The topological polar surface area (TPSA) is 71.3 Å². The van der Waals surface area contributed by atoms with Gasteiger partial charge in [0.15, 0.2) is 5.65 Å². The van der Waals surface area contributed by atoms with Crippen molar-refractivity contribution in [1.29, 1.82) is 0 Å². The molecule has 2 unspecified atom stereocenters. The largest absolute Gasteiger partial charge is 0.367 e. The number of anilines is 1. The van der Waals surface area contributed by atoms with Gasteiger partial charge in [-0.15, -0.1) is 0 Å². The van der Waals surface area contributed by atoms with Crippen molar-refractivity contribution in [1.82, 2.24) is 19.9 Å². The summed E-state index contributed by atoms with van der Waals surface area (Å²) in [6.07, 6.45) is 9.68. The van der Waals surface area contributed by atoms with Gasteiger partial charge in [0.25, 0.3) is 0 Å². The van der Waals surface area contributed by atoms with E-state index in [9.17, 15) is 4.79 Å². The Bertz CT molecular complexity index is 1200. The highest BCUT2D eigenvalue weighted by Crippen LogP contribution is 2.34. The Hall–Kier alpha value is -2.83. The Labute approximate surface area is 223 Å². The highest BCUT2D eigenvalue weighted by atomic mass is 16.2. The summed E-state index contributed by atoms with van der Waals surface area (Å²) >= 11 is 0. The van der Waals surface area contributed by atoms with E-state index in [4.69, 9.17) is 4.98 Å². The first-order valence-electron chi connectivity index (χ1n) is 14.3. The van der Waals surface area contributed by atoms with Crippen molar-refractivity contribution < 1.29 is 4.79 Å². The molecule has 4 rings (SSSR count). The minimum atomic E-state index is -0.541. The van der Waals surface area contributed by atoms with Crippen LogP contribution < -0.4 is 10.6 Å². The Balaban J connectivity index is 1.42. The fourth-order valence-electron chi connectivity index (χ4n) is 5.64. The molecule has 3 aromatic rings. The second-order valence-corrected chi connectivity index (χ2v) is 11.3. The molecule has 1 aliphatic carbocycles. The molecule has 4 atom stereocenters. The zero-order valence-electron chi connectivity index (χ0n) is 23.6. The summed E-state index contributed by atoms with van der Waals surface area (Å²) in [4.78, 5) is 18.3. The van der Waals surface area contributed by atoms with E-state index in [0.29, 0.717) is 6.04 Å². The molecule has 0 radical (unpaired) electrons. The zero-order chi connectivity index (χ0) is 26.6. The standard InChI is InChI=1S/C30H44BN5O/c1-6-9-23-19-27(36-26(33-23)16-17-32-36)34-24-14-15-25(18-24)35-28(37)30(5,8-3)22-12-10-21(11-13-22)29(4,7-2)20-31/h10-13,16-17,19,24-25,34H,6-9,14-15,18,20,31H2,1-5H3,(H,35,37)/t24-,25-,29?,30?/m1/s1. The molecule has 0 bridgehead atoms. The minimum absolute atomic E-state index is 0.130. The van der Waals surface area contributed by atoms with Crippen LogP contribution in [0.1, 0.15) is 90.0 Å². The molecule has 37 heavy (non-hydrogen) atoms. The van der Waals surface area contributed by atoms with Crippen molar-refractivity contribution in [3.8, 4) is 0 Å². The summed E-state index contributed by atoms with van der Waals surface area (Å²) in [6, 6.07) is 13.3. The molecule has 1 aromatic carbocycles. The highest BCUT2D eigenvalue weighted by Gasteiger charge is 2.36. The van der Waals surface area contributed by atoms with Crippen LogP contribution in [0, 0.1) is 0 Å². The third-order valence-corrected chi connectivity index (χ3v) is 9.03. The summed E-state index contributed by atoms with van der Waals surface area (Å²) in [7, 11) is 2.25. The average molecular weight is 502 g/mol. The minimum Gasteiger partial charge on any atom is -0.367 e. The predicted octanol–water partition coefficient (Wildman–Crippen LogP) is 5.22. The molecule has 0 aliphatic heterocycles.